The Morgan fingerprint density at radius 1 is 1.65 bits per heavy atom. The van der Waals surface area contributed by atoms with E-state index in [0.717, 1.165) is 6.42 Å². The lowest BCUT2D eigenvalue weighted by molar-refractivity contribution is -0.139. The zero-order valence-electron chi connectivity index (χ0n) is 9.59. The molecule has 0 radical (unpaired) electrons. The van der Waals surface area contributed by atoms with Gasteiger partial charge in [-0.1, -0.05) is 6.92 Å². The third-order valence-electron chi connectivity index (χ3n) is 3.11. The van der Waals surface area contributed by atoms with Crippen molar-refractivity contribution in [3.8, 4) is 0 Å². The third kappa shape index (κ3) is 2.30. The van der Waals surface area contributed by atoms with Gasteiger partial charge in [0, 0.05) is 18.9 Å². The summed E-state index contributed by atoms with van der Waals surface area (Å²) in [7, 11) is 0. The standard InChI is InChI=1S/C11H15N3O3/c1-7-2-5-14(8(6-7)11(16)17)9-10(15)13-4-3-12-9/h3-4,7-8H,2,5-6H2,1H3,(H,13,15)(H,16,17). The SMILES string of the molecule is CC1CCN(c2ncc[nH]c2=O)C(C(=O)O)C1. The van der Waals surface area contributed by atoms with E-state index >= 15 is 0 Å². The number of carbonyl (C=O) groups is 1. The van der Waals surface area contributed by atoms with E-state index in [1.807, 2.05) is 6.92 Å². The Morgan fingerprint density at radius 2 is 2.41 bits per heavy atom. The number of aromatic nitrogens is 2. The third-order valence-corrected chi connectivity index (χ3v) is 3.11. The van der Waals surface area contributed by atoms with Gasteiger partial charge in [-0.2, -0.15) is 0 Å². The summed E-state index contributed by atoms with van der Waals surface area (Å²) in [5.74, 6) is -0.344. The minimum Gasteiger partial charge on any atom is -0.480 e. The van der Waals surface area contributed by atoms with Crippen LogP contribution in [0.3, 0.4) is 0 Å². The minimum absolute atomic E-state index is 0.201. The highest BCUT2D eigenvalue weighted by Gasteiger charge is 2.33. The van der Waals surface area contributed by atoms with Crippen molar-refractivity contribution in [1.82, 2.24) is 9.97 Å². The first-order valence-corrected chi connectivity index (χ1v) is 5.62. The number of nitrogens with zero attached hydrogens (tertiary/aromatic N) is 2. The average Bonchev–Trinajstić information content (AvgIpc) is 2.30. The molecule has 0 bridgehead atoms. The molecule has 6 heteroatoms. The van der Waals surface area contributed by atoms with Crippen LogP contribution in [0.1, 0.15) is 19.8 Å². The molecule has 92 valence electrons. The molecule has 0 saturated carbocycles. The second-order valence-corrected chi connectivity index (χ2v) is 4.42. The highest BCUT2D eigenvalue weighted by molar-refractivity contribution is 5.77. The van der Waals surface area contributed by atoms with Crippen molar-refractivity contribution in [3.63, 3.8) is 0 Å². The number of H-pyrrole nitrogens is 1. The van der Waals surface area contributed by atoms with Crippen molar-refractivity contribution in [2.45, 2.75) is 25.8 Å². The lowest BCUT2D eigenvalue weighted by Crippen LogP contribution is -2.49. The van der Waals surface area contributed by atoms with Crippen molar-refractivity contribution in [2.24, 2.45) is 5.92 Å². The first-order chi connectivity index (χ1) is 8.09. The molecule has 1 aliphatic rings. The summed E-state index contributed by atoms with van der Waals surface area (Å²) in [6.07, 6.45) is 4.33. The quantitative estimate of drug-likeness (QED) is 0.780. The first-order valence-electron chi connectivity index (χ1n) is 5.62. The molecule has 17 heavy (non-hydrogen) atoms. The van der Waals surface area contributed by atoms with Gasteiger partial charge in [0.2, 0.25) is 0 Å². The summed E-state index contributed by atoms with van der Waals surface area (Å²) in [5, 5.41) is 9.20. The largest absolute Gasteiger partial charge is 0.480 e. The first kappa shape index (κ1) is 11.6. The molecule has 2 N–H and O–H groups in total. The lowest BCUT2D eigenvalue weighted by Gasteiger charge is -2.36. The molecule has 2 unspecified atom stereocenters. The van der Waals surface area contributed by atoms with Gasteiger partial charge in [0.1, 0.15) is 6.04 Å². The van der Waals surface area contributed by atoms with Gasteiger partial charge >= 0.3 is 5.97 Å². The van der Waals surface area contributed by atoms with Gasteiger partial charge in [0.05, 0.1) is 0 Å². The summed E-state index contributed by atoms with van der Waals surface area (Å²) in [5.41, 5.74) is -0.340. The Labute approximate surface area is 98.3 Å². The molecule has 1 saturated heterocycles. The Morgan fingerprint density at radius 3 is 3.06 bits per heavy atom. The maximum Gasteiger partial charge on any atom is 0.326 e. The second kappa shape index (κ2) is 4.57. The number of piperidine rings is 1. The number of rotatable bonds is 2. The predicted molar refractivity (Wildman–Crippen MR) is 62.0 cm³/mol. The number of hydrogen-bond acceptors (Lipinski definition) is 4. The van der Waals surface area contributed by atoms with Gasteiger partial charge in [0.25, 0.3) is 5.56 Å². The molecule has 1 aromatic rings. The van der Waals surface area contributed by atoms with Crippen LogP contribution in [0, 0.1) is 5.92 Å². The van der Waals surface area contributed by atoms with Crippen LogP contribution in [-0.2, 0) is 4.79 Å². The summed E-state index contributed by atoms with van der Waals surface area (Å²) < 4.78 is 0. The van der Waals surface area contributed by atoms with Crippen molar-refractivity contribution < 1.29 is 9.90 Å². The molecule has 2 atom stereocenters. The van der Waals surface area contributed by atoms with E-state index in [1.54, 1.807) is 4.90 Å². The van der Waals surface area contributed by atoms with Crippen LogP contribution >= 0.6 is 0 Å². The van der Waals surface area contributed by atoms with Crippen LogP contribution in [0.5, 0.6) is 0 Å². The molecule has 0 amide bonds. The highest BCUT2D eigenvalue weighted by atomic mass is 16.4. The van der Waals surface area contributed by atoms with E-state index < -0.39 is 12.0 Å². The fourth-order valence-corrected chi connectivity index (χ4v) is 2.18. The molecule has 0 aromatic carbocycles. The summed E-state index contributed by atoms with van der Waals surface area (Å²) in [6, 6.07) is -0.658. The average molecular weight is 237 g/mol. The van der Waals surface area contributed by atoms with Crippen molar-refractivity contribution in [1.29, 1.82) is 0 Å². The van der Waals surface area contributed by atoms with Gasteiger partial charge in [-0.3, -0.25) is 4.79 Å². The zero-order chi connectivity index (χ0) is 12.4. The van der Waals surface area contributed by atoms with Crippen molar-refractivity contribution in [3.05, 3.63) is 22.7 Å². The molecule has 2 rings (SSSR count). The van der Waals surface area contributed by atoms with E-state index in [0.29, 0.717) is 18.9 Å². The van der Waals surface area contributed by atoms with Gasteiger partial charge in [-0.05, 0) is 18.8 Å². The fourth-order valence-electron chi connectivity index (χ4n) is 2.18. The number of aromatic amines is 1. The topological polar surface area (TPSA) is 86.3 Å². The molecule has 1 fully saturated rings. The normalized spacial score (nSPS) is 24.6. The Kier molecular flexibility index (Phi) is 3.12. The molecular weight excluding hydrogens is 222 g/mol. The van der Waals surface area contributed by atoms with Crippen LogP contribution in [0.2, 0.25) is 0 Å². The molecule has 0 aliphatic carbocycles. The van der Waals surface area contributed by atoms with Crippen LogP contribution in [-0.4, -0.2) is 33.6 Å². The second-order valence-electron chi connectivity index (χ2n) is 4.42. The smallest absolute Gasteiger partial charge is 0.326 e. The number of aliphatic carboxylic acids is 1. The molecule has 2 heterocycles. The molecule has 6 nitrogen and oxygen atoms in total. The van der Waals surface area contributed by atoms with Crippen LogP contribution in [0.15, 0.2) is 17.2 Å². The zero-order valence-corrected chi connectivity index (χ0v) is 9.59. The predicted octanol–water partition coefficient (Wildman–Crippen LogP) is 0.459. The van der Waals surface area contributed by atoms with E-state index in [1.165, 1.54) is 12.4 Å². The molecule has 1 aliphatic heterocycles. The molecular formula is C11H15N3O3. The summed E-state index contributed by atoms with van der Waals surface area (Å²) in [4.78, 5) is 30.9. The fraction of sp³-hybridized carbons (Fsp3) is 0.545. The lowest BCUT2D eigenvalue weighted by atomic mass is 9.92. The van der Waals surface area contributed by atoms with Crippen LogP contribution < -0.4 is 10.5 Å². The number of nitrogens with one attached hydrogen (secondary N) is 1. The number of carboxylic acid groups (broad SMARTS) is 1. The Hall–Kier alpha value is -1.85. The maximum absolute atomic E-state index is 11.6. The number of hydrogen-bond donors (Lipinski definition) is 2. The monoisotopic (exact) mass is 237 g/mol. The van der Waals surface area contributed by atoms with Gasteiger partial charge in [-0.15, -0.1) is 0 Å². The highest BCUT2D eigenvalue weighted by Crippen LogP contribution is 2.24. The molecule has 1 aromatic heterocycles. The minimum atomic E-state index is -0.901. The Bertz CT molecular complexity index is 471. The number of anilines is 1. The van der Waals surface area contributed by atoms with Crippen LogP contribution in [0.25, 0.3) is 0 Å². The number of carboxylic acids is 1. The molecule has 0 spiro atoms. The van der Waals surface area contributed by atoms with Crippen molar-refractivity contribution >= 4 is 11.8 Å². The van der Waals surface area contributed by atoms with E-state index in [9.17, 15) is 14.7 Å². The maximum atomic E-state index is 11.6. The van der Waals surface area contributed by atoms with Gasteiger partial charge in [0.15, 0.2) is 5.82 Å². The summed E-state index contributed by atoms with van der Waals surface area (Å²) >= 11 is 0. The van der Waals surface area contributed by atoms with Gasteiger partial charge < -0.3 is 15.0 Å². The van der Waals surface area contributed by atoms with Crippen LogP contribution in [0.4, 0.5) is 5.82 Å². The van der Waals surface area contributed by atoms with Crippen molar-refractivity contribution in [2.75, 3.05) is 11.4 Å². The van der Waals surface area contributed by atoms with E-state index in [-0.39, 0.29) is 11.4 Å². The summed E-state index contributed by atoms with van der Waals surface area (Å²) in [6.45, 7) is 2.58. The van der Waals surface area contributed by atoms with E-state index in [4.69, 9.17) is 0 Å². The van der Waals surface area contributed by atoms with Gasteiger partial charge in [-0.25, -0.2) is 9.78 Å². The van der Waals surface area contributed by atoms with E-state index in [2.05, 4.69) is 9.97 Å². The Balaban J connectivity index is 2.33.